The van der Waals surface area contributed by atoms with Gasteiger partial charge in [0.15, 0.2) is 0 Å². The molecule has 3 nitrogen and oxygen atoms in total. The lowest BCUT2D eigenvalue weighted by Gasteiger charge is -2.95. The molecule has 5 unspecified atom stereocenters. The number of allylic oxidation sites excluding steroid dienone is 1. The normalized spacial score (nSPS) is 48.2. The fraction of sp³-hybridized carbons (Fsp3) is 0.625. The quantitative estimate of drug-likeness (QED) is 0.819. The standard InChI is InChI=1S/C24H30N2O/c1-15-17-11-22(16-7-5-4-6-8-16)13-23(12-18(15)24(17,22)23)20(27)26-10-9-19(25)21(2,3)14-26/h4-8,17-19H,1,9-14,25H2,2-3H3/t17?,18?,19-,22?,23?,24?/m0/s1. The van der Waals surface area contributed by atoms with Crippen LogP contribution in [-0.4, -0.2) is 29.9 Å². The Balaban J connectivity index is 1.35. The molecule has 4 saturated carbocycles. The van der Waals surface area contributed by atoms with Crippen molar-refractivity contribution in [3.05, 3.63) is 48.0 Å². The van der Waals surface area contributed by atoms with Crippen LogP contribution in [0.25, 0.3) is 0 Å². The zero-order valence-electron chi connectivity index (χ0n) is 16.5. The number of piperidine rings is 1. The summed E-state index contributed by atoms with van der Waals surface area (Å²) in [5.41, 5.74) is 9.54. The van der Waals surface area contributed by atoms with E-state index in [1.54, 1.807) is 0 Å². The molecule has 6 rings (SSSR count). The Bertz CT molecular complexity index is 866. The van der Waals surface area contributed by atoms with Crippen molar-refractivity contribution in [2.24, 2.45) is 33.8 Å². The van der Waals surface area contributed by atoms with Crippen molar-refractivity contribution >= 4 is 5.91 Å². The molecule has 1 amide bonds. The zero-order chi connectivity index (χ0) is 18.8. The van der Waals surface area contributed by atoms with Crippen LogP contribution in [0.5, 0.6) is 0 Å². The highest BCUT2D eigenvalue weighted by molar-refractivity contribution is 5.91. The molecule has 0 bridgehead atoms. The summed E-state index contributed by atoms with van der Waals surface area (Å²) < 4.78 is 0. The second-order valence-electron chi connectivity index (χ2n) is 10.8. The molecule has 1 aromatic rings. The Morgan fingerprint density at radius 1 is 1.19 bits per heavy atom. The van der Waals surface area contributed by atoms with Crippen LogP contribution in [0.1, 0.15) is 45.1 Å². The van der Waals surface area contributed by atoms with Crippen LogP contribution in [0.15, 0.2) is 42.5 Å². The maximum atomic E-state index is 13.8. The van der Waals surface area contributed by atoms with Crippen molar-refractivity contribution in [3.63, 3.8) is 0 Å². The minimum Gasteiger partial charge on any atom is -0.342 e. The summed E-state index contributed by atoms with van der Waals surface area (Å²) in [7, 11) is 0. The van der Waals surface area contributed by atoms with Crippen LogP contribution in [0.2, 0.25) is 0 Å². The number of nitrogens with zero attached hydrogens (tertiary/aromatic N) is 1. The van der Waals surface area contributed by atoms with E-state index >= 15 is 0 Å². The largest absolute Gasteiger partial charge is 0.342 e. The lowest BCUT2D eigenvalue weighted by Crippen LogP contribution is -2.94. The van der Waals surface area contributed by atoms with E-state index in [2.05, 4.69) is 55.7 Å². The van der Waals surface area contributed by atoms with Crippen LogP contribution < -0.4 is 5.73 Å². The summed E-state index contributed by atoms with van der Waals surface area (Å²) in [6, 6.07) is 11.2. The van der Waals surface area contributed by atoms with Crippen molar-refractivity contribution in [2.45, 2.75) is 51.0 Å². The summed E-state index contributed by atoms with van der Waals surface area (Å²) in [4.78, 5) is 16.0. The second-order valence-corrected chi connectivity index (χ2v) is 10.8. The number of likely N-dealkylation sites (tertiary alicyclic amines) is 1. The van der Waals surface area contributed by atoms with Gasteiger partial charge in [-0.05, 0) is 48.5 Å². The van der Waals surface area contributed by atoms with Crippen LogP contribution in [0.3, 0.4) is 0 Å². The number of rotatable bonds is 2. The molecule has 0 aromatic heterocycles. The van der Waals surface area contributed by atoms with Gasteiger partial charge in [-0.25, -0.2) is 0 Å². The lowest BCUT2D eigenvalue weighted by molar-refractivity contribution is -0.399. The SMILES string of the molecule is C=C1C2CC3(C(=O)N4CC[C@H](N)C(C)(C)C4)CC4(c5ccccc5)CC1C234. The third-order valence-electron chi connectivity index (χ3n) is 9.62. The Kier molecular flexibility index (Phi) is 2.73. The van der Waals surface area contributed by atoms with Crippen molar-refractivity contribution in [1.29, 1.82) is 0 Å². The number of carbonyl (C=O) groups is 1. The van der Waals surface area contributed by atoms with E-state index in [0.29, 0.717) is 17.7 Å². The van der Waals surface area contributed by atoms with Gasteiger partial charge in [-0.3, -0.25) is 4.79 Å². The van der Waals surface area contributed by atoms with Gasteiger partial charge in [0.1, 0.15) is 0 Å². The highest BCUT2D eigenvalue weighted by atomic mass is 16.2. The predicted octanol–water partition coefficient (Wildman–Crippen LogP) is 3.50. The molecule has 4 aliphatic carbocycles. The van der Waals surface area contributed by atoms with Gasteiger partial charge in [-0.1, -0.05) is 56.3 Å². The Morgan fingerprint density at radius 2 is 1.89 bits per heavy atom. The number of hydrogen-bond acceptors (Lipinski definition) is 2. The fourth-order valence-corrected chi connectivity index (χ4v) is 8.37. The summed E-state index contributed by atoms with van der Waals surface area (Å²) >= 11 is 0. The topological polar surface area (TPSA) is 46.3 Å². The summed E-state index contributed by atoms with van der Waals surface area (Å²) in [6.07, 6.45) is 4.22. The molecule has 27 heavy (non-hydrogen) atoms. The summed E-state index contributed by atoms with van der Waals surface area (Å²) in [5, 5.41) is 0. The molecule has 1 spiro atoms. The van der Waals surface area contributed by atoms with Gasteiger partial charge in [0, 0.05) is 30.0 Å². The third-order valence-corrected chi connectivity index (χ3v) is 9.62. The molecule has 1 heterocycles. The van der Waals surface area contributed by atoms with E-state index in [9.17, 15) is 4.79 Å². The maximum Gasteiger partial charge on any atom is 0.229 e. The molecule has 142 valence electrons. The van der Waals surface area contributed by atoms with Crippen molar-refractivity contribution < 1.29 is 4.79 Å². The van der Waals surface area contributed by atoms with E-state index in [4.69, 9.17) is 5.73 Å². The van der Waals surface area contributed by atoms with Gasteiger partial charge in [0.05, 0.1) is 5.41 Å². The van der Waals surface area contributed by atoms with Gasteiger partial charge in [0.25, 0.3) is 0 Å². The average Bonchev–Trinajstić information content (AvgIpc) is 2.61. The van der Waals surface area contributed by atoms with Gasteiger partial charge in [-0.2, -0.15) is 0 Å². The molecular formula is C24H30N2O. The summed E-state index contributed by atoms with van der Waals surface area (Å²) in [6.45, 7) is 10.5. The van der Waals surface area contributed by atoms with Crippen molar-refractivity contribution in [2.75, 3.05) is 13.1 Å². The maximum absolute atomic E-state index is 13.8. The minimum absolute atomic E-state index is 0.00779. The molecule has 2 N–H and O–H groups in total. The van der Waals surface area contributed by atoms with Crippen molar-refractivity contribution in [1.82, 2.24) is 4.90 Å². The monoisotopic (exact) mass is 362 g/mol. The first-order valence-corrected chi connectivity index (χ1v) is 10.6. The van der Waals surface area contributed by atoms with Gasteiger partial charge in [-0.15, -0.1) is 0 Å². The Morgan fingerprint density at radius 3 is 2.56 bits per heavy atom. The molecule has 1 aromatic carbocycles. The minimum atomic E-state index is -0.116. The van der Waals surface area contributed by atoms with Gasteiger partial charge >= 0.3 is 0 Å². The first-order chi connectivity index (χ1) is 12.8. The van der Waals surface area contributed by atoms with Crippen molar-refractivity contribution in [3.8, 4) is 0 Å². The second kappa shape index (κ2) is 4.51. The van der Waals surface area contributed by atoms with Crippen LogP contribution in [-0.2, 0) is 10.2 Å². The first kappa shape index (κ1) is 16.4. The number of amides is 1. The number of benzene rings is 1. The van der Waals surface area contributed by atoms with E-state index < -0.39 is 0 Å². The third kappa shape index (κ3) is 1.43. The number of hydrogen-bond donors (Lipinski definition) is 1. The van der Waals surface area contributed by atoms with E-state index in [-0.39, 0.29) is 27.7 Å². The molecule has 5 fully saturated rings. The molecule has 0 radical (unpaired) electrons. The van der Waals surface area contributed by atoms with Crippen LogP contribution in [0.4, 0.5) is 0 Å². The molecule has 1 aliphatic heterocycles. The molecule has 3 heteroatoms. The van der Waals surface area contributed by atoms with Gasteiger partial charge in [0.2, 0.25) is 5.91 Å². The van der Waals surface area contributed by atoms with E-state index in [1.807, 2.05) is 0 Å². The van der Waals surface area contributed by atoms with Crippen LogP contribution in [0, 0.1) is 28.1 Å². The molecule has 1 saturated heterocycles. The zero-order valence-corrected chi connectivity index (χ0v) is 16.5. The first-order valence-electron chi connectivity index (χ1n) is 10.6. The molecular weight excluding hydrogens is 332 g/mol. The average molecular weight is 363 g/mol. The number of carbonyl (C=O) groups excluding carboxylic acids is 1. The highest BCUT2D eigenvalue weighted by Crippen LogP contribution is 2.98. The van der Waals surface area contributed by atoms with Crippen LogP contribution >= 0.6 is 0 Å². The van der Waals surface area contributed by atoms with Gasteiger partial charge < -0.3 is 10.6 Å². The summed E-state index contributed by atoms with van der Waals surface area (Å²) in [5.74, 6) is 1.59. The number of nitrogens with two attached hydrogens (primary N) is 1. The smallest absolute Gasteiger partial charge is 0.229 e. The Hall–Kier alpha value is -1.61. The lowest BCUT2D eigenvalue weighted by atomic mass is 9.07. The van der Waals surface area contributed by atoms with E-state index in [0.717, 1.165) is 32.4 Å². The highest BCUT2D eigenvalue weighted by Gasteiger charge is 2.97. The van der Waals surface area contributed by atoms with E-state index in [1.165, 1.54) is 17.6 Å². The Labute approximate surface area is 162 Å². The predicted molar refractivity (Wildman–Crippen MR) is 106 cm³/mol. The molecule has 6 atom stereocenters. The molecule has 5 aliphatic rings. The fourth-order valence-electron chi connectivity index (χ4n) is 8.37.